The maximum Gasteiger partial charge on any atom is 0.534 e. The molecule has 0 unspecified atom stereocenters. The minimum Gasteiger partial charge on any atom is -0.376 e. The van der Waals surface area contributed by atoms with Crippen molar-refractivity contribution >= 4 is 94.9 Å². The number of fused-ring (bicyclic) bond motifs is 12. The summed E-state index contributed by atoms with van der Waals surface area (Å²) < 4.78 is 73.9. The number of para-hydroxylation sites is 2. The van der Waals surface area contributed by atoms with E-state index < -0.39 is 32.2 Å². The highest BCUT2D eigenvalue weighted by Gasteiger charge is 2.49. The van der Waals surface area contributed by atoms with Gasteiger partial charge in [-0.05, 0) is 122 Å². The van der Waals surface area contributed by atoms with Crippen molar-refractivity contribution in [1.29, 1.82) is 0 Å². The average Bonchev–Trinajstić information content (AvgIpc) is 1.07. The van der Waals surface area contributed by atoms with Gasteiger partial charge >= 0.3 is 15.6 Å². The number of halogens is 3. The number of benzene rings is 14. The zero-order valence-corrected chi connectivity index (χ0v) is 55.2. The smallest absolute Gasteiger partial charge is 0.376 e. The molecule has 0 fully saturated rings. The van der Waals surface area contributed by atoms with E-state index in [1.807, 2.05) is 90.2 Å². The third kappa shape index (κ3) is 10.6. The number of alkyl halides is 3. The van der Waals surface area contributed by atoms with Gasteiger partial charge in [-0.3, -0.25) is 0 Å². The zero-order chi connectivity index (χ0) is 66.4. The Hall–Kier alpha value is -11.1. The van der Waals surface area contributed by atoms with Crippen LogP contribution in [-0.2, 0) is 27.4 Å². The second-order valence-electron chi connectivity index (χ2n) is 24.4. The van der Waals surface area contributed by atoms with E-state index in [4.69, 9.17) is 0 Å². The molecule has 0 N–H and O–H groups in total. The third-order valence-electron chi connectivity index (χ3n) is 19.1. The average molecular weight is 1330 g/mol. The van der Waals surface area contributed by atoms with Gasteiger partial charge in [-0.15, -0.1) is 22.7 Å². The van der Waals surface area contributed by atoms with Crippen molar-refractivity contribution < 1.29 is 25.8 Å². The van der Waals surface area contributed by atoms with Gasteiger partial charge in [-0.1, -0.05) is 303 Å². The summed E-state index contributed by atoms with van der Waals surface area (Å²) in [6, 6.07) is 122. The first-order valence-electron chi connectivity index (χ1n) is 32.4. The fourth-order valence-electron chi connectivity index (χ4n) is 14.8. The Balaban J connectivity index is 0.000000130. The number of rotatable bonds is 11. The van der Waals surface area contributed by atoms with Crippen LogP contribution in [0.1, 0.15) is 55.6 Å². The van der Waals surface area contributed by atoms with E-state index in [0.29, 0.717) is 0 Å². The summed E-state index contributed by atoms with van der Waals surface area (Å²) in [6.07, 6.45) is 1.10. The van der Waals surface area contributed by atoms with Gasteiger partial charge in [0.05, 0.1) is 21.9 Å². The van der Waals surface area contributed by atoms with Crippen molar-refractivity contribution in [3.05, 3.63) is 407 Å². The second kappa shape index (κ2) is 25.5. The lowest BCUT2D eigenvalue weighted by molar-refractivity contribution is -0.0500. The summed E-state index contributed by atoms with van der Waals surface area (Å²) >= 11 is 3.58. The van der Waals surface area contributed by atoms with E-state index in [1.165, 1.54) is 98.6 Å². The monoisotopic (exact) mass is 1330 g/mol. The SMILES string of the molecule is O=S(=O)(Oc1ccc(C(c2ccccc2)(c2ccccc2)c2cccc3c2sc2ccccc23)cc1)C(F)(F)F.c1ccc(C(c2ccccc2)(c2ccc(-n3c4ccccc4c4ccccc43)cc2)c2cccc3c2sc2ccccc23)cc1.c1ccc2c(c1)Cc1ccccc1-2. The molecule has 14 aromatic carbocycles. The molecule has 3 heterocycles. The van der Waals surface area contributed by atoms with Gasteiger partial charge in [0.25, 0.3) is 0 Å². The van der Waals surface area contributed by atoms with Gasteiger partial charge < -0.3 is 8.75 Å². The molecule has 0 bridgehead atoms. The highest BCUT2D eigenvalue weighted by Crippen LogP contribution is 2.53. The molecular weight excluding hydrogens is 1270 g/mol. The quantitative estimate of drug-likeness (QED) is 0.0737. The molecule has 98 heavy (non-hydrogen) atoms. The minimum atomic E-state index is -5.80. The first-order valence-corrected chi connectivity index (χ1v) is 35.4. The summed E-state index contributed by atoms with van der Waals surface area (Å²) in [7, 11) is -5.80. The lowest BCUT2D eigenvalue weighted by Crippen LogP contribution is -2.31. The number of aromatic nitrogens is 1. The molecule has 0 aliphatic heterocycles. The van der Waals surface area contributed by atoms with Gasteiger partial charge in [0.2, 0.25) is 0 Å². The van der Waals surface area contributed by atoms with E-state index in [9.17, 15) is 21.6 Å². The number of hydrogen-bond acceptors (Lipinski definition) is 5. The van der Waals surface area contributed by atoms with Crippen LogP contribution in [0.15, 0.2) is 352 Å². The largest absolute Gasteiger partial charge is 0.534 e. The lowest BCUT2D eigenvalue weighted by Gasteiger charge is -2.37. The van der Waals surface area contributed by atoms with Crippen molar-refractivity contribution in [3.8, 4) is 22.6 Å². The molecule has 474 valence electrons. The summed E-state index contributed by atoms with van der Waals surface area (Å²) in [5, 5.41) is 7.42. The maximum atomic E-state index is 13.0. The normalized spacial score (nSPS) is 12.3. The first kappa shape index (κ1) is 61.7. The van der Waals surface area contributed by atoms with Crippen molar-refractivity contribution in [3.63, 3.8) is 0 Å². The molecule has 18 rings (SSSR count). The molecule has 1 aliphatic carbocycles. The Morgan fingerprint density at radius 2 is 0.643 bits per heavy atom. The van der Waals surface area contributed by atoms with Gasteiger partial charge in [0.1, 0.15) is 5.75 Å². The molecule has 0 spiro atoms. The van der Waals surface area contributed by atoms with E-state index in [-0.39, 0.29) is 0 Å². The molecule has 1 aliphatic rings. The van der Waals surface area contributed by atoms with Crippen LogP contribution in [0, 0.1) is 0 Å². The molecule has 17 aromatic rings. The number of thiophene rings is 2. The molecule has 0 amide bonds. The molecule has 0 saturated carbocycles. The van der Waals surface area contributed by atoms with Crippen LogP contribution in [0.4, 0.5) is 13.2 Å². The standard InChI is InChI=1S/C43H29NS.C32H21F3O3S2.C13H10/c1-3-14-30(15-4-1)43(31-16-5-2-6-17-31,38-22-13-21-37-36-20-9-12-25-41(36)45-42(37)38)32-26-28-33(29-27-32)44-39-23-10-7-18-34(39)35-19-8-11-24-40(35)44;33-32(34,35)40(36,37)38-25-20-18-24(19-21-25)31(22-10-3-1-4-11-22,23-12-5-2-6-13-23)28-16-9-15-27-26-14-7-8-17-29(26)39-30(27)28;1-3-7-12-10(5-1)9-11-6-2-4-8-13(11)12/h1-29H;1-21H;1-8H,9H2. The molecule has 0 saturated heterocycles. The fraction of sp³-hybridized carbons (Fsp3) is 0.0455. The predicted octanol–water partition coefficient (Wildman–Crippen LogP) is 23.5. The summed E-state index contributed by atoms with van der Waals surface area (Å²) in [5.41, 5.74) is 11.1. The van der Waals surface area contributed by atoms with Crippen LogP contribution in [0.2, 0.25) is 0 Å². The third-order valence-corrected chi connectivity index (χ3v) is 22.5. The van der Waals surface area contributed by atoms with E-state index in [2.05, 4.69) is 257 Å². The topological polar surface area (TPSA) is 48.3 Å². The summed E-state index contributed by atoms with van der Waals surface area (Å²) in [6.45, 7) is 0. The number of hydrogen-bond donors (Lipinski definition) is 0. The summed E-state index contributed by atoms with van der Waals surface area (Å²) in [5.74, 6) is -0.420. The van der Waals surface area contributed by atoms with Crippen molar-refractivity contribution in [2.45, 2.75) is 22.8 Å². The minimum absolute atomic E-state index is 0.420. The zero-order valence-electron chi connectivity index (χ0n) is 52.7. The number of nitrogens with zero attached hydrogens (tertiary/aromatic N) is 1. The van der Waals surface area contributed by atoms with E-state index in [1.54, 1.807) is 23.5 Å². The molecule has 3 aromatic heterocycles. The highest BCUT2D eigenvalue weighted by atomic mass is 32.2. The van der Waals surface area contributed by atoms with Crippen molar-refractivity contribution in [1.82, 2.24) is 4.57 Å². The Kier molecular flexibility index (Phi) is 16.0. The molecule has 0 radical (unpaired) electrons. The van der Waals surface area contributed by atoms with E-state index >= 15 is 0 Å². The summed E-state index contributed by atoms with van der Waals surface area (Å²) in [4.78, 5) is 0. The lowest BCUT2D eigenvalue weighted by atomic mass is 9.65. The van der Waals surface area contributed by atoms with Gasteiger partial charge in [-0.2, -0.15) is 21.6 Å². The molecular formula is C88H60F3NO3S3. The van der Waals surface area contributed by atoms with Crippen LogP contribution >= 0.6 is 22.7 Å². The Morgan fingerprint density at radius 1 is 0.316 bits per heavy atom. The van der Waals surface area contributed by atoms with Gasteiger partial charge in [0, 0.05) is 56.8 Å². The van der Waals surface area contributed by atoms with E-state index in [0.717, 1.165) is 54.5 Å². The van der Waals surface area contributed by atoms with Gasteiger partial charge in [0.15, 0.2) is 0 Å². The van der Waals surface area contributed by atoms with Crippen molar-refractivity contribution in [2.24, 2.45) is 0 Å². The Labute approximate surface area is 574 Å². The Morgan fingerprint density at radius 3 is 1.05 bits per heavy atom. The fourth-order valence-corrected chi connectivity index (χ4v) is 17.9. The molecule has 10 heteroatoms. The van der Waals surface area contributed by atoms with Crippen LogP contribution in [0.3, 0.4) is 0 Å². The maximum absolute atomic E-state index is 13.0. The van der Waals surface area contributed by atoms with Crippen LogP contribution in [-0.4, -0.2) is 18.5 Å². The highest BCUT2D eigenvalue weighted by molar-refractivity contribution is 7.88. The van der Waals surface area contributed by atoms with Crippen LogP contribution in [0.25, 0.3) is 79.0 Å². The van der Waals surface area contributed by atoms with Crippen molar-refractivity contribution in [2.75, 3.05) is 0 Å². The second-order valence-corrected chi connectivity index (χ2v) is 28.1. The van der Waals surface area contributed by atoms with Crippen LogP contribution < -0.4 is 4.18 Å². The Bertz CT molecular complexity index is 5700. The molecule has 4 nitrogen and oxygen atoms in total. The first-order chi connectivity index (χ1) is 48.0. The molecule has 0 atom stereocenters. The van der Waals surface area contributed by atoms with Crippen LogP contribution in [0.5, 0.6) is 5.75 Å². The predicted molar refractivity (Wildman–Crippen MR) is 400 cm³/mol. The van der Waals surface area contributed by atoms with Gasteiger partial charge in [-0.25, -0.2) is 0 Å².